The first-order valence-electron chi connectivity index (χ1n) is 11.7. The van der Waals surface area contributed by atoms with Crippen LogP contribution < -0.4 is 5.32 Å². The predicted molar refractivity (Wildman–Crippen MR) is 139 cm³/mol. The molecular formula is C27H27ClN4OS. The normalized spacial score (nSPS) is 18.2. The number of rotatable bonds is 6. The number of thiophene rings is 1. The zero-order chi connectivity index (χ0) is 23.5. The van der Waals surface area contributed by atoms with Crippen molar-refractivity contribution in [3.8, 4) is 11.3 Å². The number of carbonyl (C=O) groups is 1. The minimum absolute atomic E-state index is 0.00677. The van der Waals surface area contributed by atoms with E-state index in [1.54, 1.807) is 6.20 Å². The molecule has 1 N–H and O–H groups in total. The van der Waals surface area contributed by atoms with Crippen molar-refractivity contribution in [1.29, 1.82) is 0 Å². The molecule has 3 heterocycles. The minimum atomic E-state index is -0.00677. The Morgan fingerprint density at radius 1 is 1.09 bits per heavy atom. The molecule has 5 nitrogen and oxygen atoms in total. The summed E-state index contributed by atoms with van der Waals surface area (Å²) < 4.78 is 1.03. The maximum Gasteiger partial charge on any atom is 0.266 e. The first-order chi connectivity index (χ1) is 16.6. The van der Waals surface area contributed by atoms with Gasteiger partial charge in [-0.15, -0.1) is 11.3 Å². The van der Waals surface area contributed by atoms with Gasteiger partial charge in [0.1, 0.15) is 4.88 Å². The number of benzene rings is 1. The molecule has 1 aliphatic rings. The van der Waals surface area contributed by atoms with Gasteiger partial charge in [0, 0.05) is 40.1 Å². The lowest BCUT2D eigenvalue weighted by Crippen LogP contribution is -2.44. The largest absolute Gasteiger partial charge is 0.329 e. The van der Waals surface area contributed by atoms with Crippen LogP contribution in [-0.4, -0.2) is 39.9 Å². The van der Waals surface area contributed by atoms with Gasteiger partial charge >= 0.3 is 0 Å². The van der Waals surface area contributed by atoms with E-state index in [0.717, 1.165) is 52.7 Å². The fourth-order valence-electron chi connectivity index (χ4n) is 4.74. The third-order valence-electron chi connectivity index (χ3n) is 6.63. The van der Waals surface area contributed by atoms with Crippen LogP contribution >= 0.6 is 22.9 Å². The molecule has 1 fully saturated rings. The molecule has 174 valence electrons. The highest BCUT2D eigenvalue weighted by atomic mass is 35.5. The van der Waals surface area contributed by atoms with Crippen molar-refractivity contribution >= 4 is 38.9 Å². The average molecular weight is 491 g/mol. The Balaban J connectivity index is 1.47. The van der Waals surface area contributed by atoms with Crippen LogP contribution in [0, 0.1) is 0 Å². The Bertz CT molecular complexity index is 1280. The summed E-state index contributed by atoms with van der Waals surface area (Å²) in [5.41, 5.74) is 2.68. The zero-order valence-corrected chi connectivity index (χ0v) is 20.6. The van der Waals surface area contributed by atoms with Crippen LogP contribution in [0.4, 0.5) is 0 Å². The highest BCUT2D eigenvalue weighted by molar-refractivity contribution is 7.21. The Morgan fingerprint density at radius 2 is 1.91 bits per heavy atom. The van der Waals surface area contributed by atoms with Gasteiger partial charge in [-0.05, 0) is 63.1 Å². The molecule has 0 unspecified atom stereocenters. The fourth-order valence-corrected chi connectivity index (χ4v) is 6.21. The summed E-state index contributed by atoms with van der Waals surface area (Å²) in [4.78, 5) is 25.6. The van der Waals surface area contributed by atoms with Crippen molar-refractivity contribution < 1.29 is 4.79 Å². The molecule has 1 aromatic carbocycles. The van der Waals surface area contributed by atoms with Crippen molar-refractivity contribution in [2.24, 2.45) is 0 Å². The van der Waals surface area contributed by atoms with Crippen LogP contribution in [0.5, 0.6) is 0 Å². The van der Waals surface area contributed by atoms with Gasteiger partial charge < -0.3 is 10.2 Å². The van der Waals surface area contributed by atoms with Gasteiger partial charge in [-0.2, -0.15) is 0 Å². The predicted octanol–water partition coefficient (Wildman–Crippen LogP) is 6.18. The van der Waals surface area contributed by atoms with Gasteiger partial charge in [-0.3, -0.25) is 14.8 Å². The molecule has 3 aromatic heterocycles. The number of fused-ring (bicyclic) bond motifs is 1. The Labute approximate surface area is 208 Å². The number of hydrogen-bond donors (Lipinski definition) is 1. The third-order valence-corrected chi connectivity index (χ3v) is 8.30. The lowest BCUT2D eigenvalue weighted by molar-refractivity contribution is 0.0603. The van der Waals surface area contributed by atoms with Gasteiger partial charge in [0.25, 0.3) is 5.91 Å². The molecule has 0 aliphatic heterocycles. The highest BCUT2D eigenvalue weighted by Gasteiger charge is 2.31. The Kier molecular flexibility index (Phi) is 6.90. The van der Waals surface area contributed by atoms with Crippen LogP contribution in [0.2, 0.25) is 5.02 Å². The number of nitrogens with one attached hydrogen (secondary N) is 1. The molecule has 1 saturated carbocycles. The molecule has 0 saturated heterocycles. The molecule has 1 aliphatic carbocycles. The summed E-state index contributed by atoms with van der Waals surface area (Å²) in [5, 5.41) is 4.88. The van der Waals surface area contributed by atoms with Gasteiger partial charge in [0.05, 0.1) is 23.0 Å². The van der Waals surface area contributed by atoms with E-state index in [9.17, 15) is 4.79 Å². The average Bonchev–Trinajstić information content (AvgIpc) is 3.24. The molecule has 7 heteroatoms. The standard InChI is InChI=1S/C27H27ClN4OS/c1-29-19-11-13-21(14-12-19)32(27(33)26-25(28)22-8-2-3-10-24(22)34-26)17-20-7-4-9-23(31-20)18-6-5-15-30-16-18/h2-10,15-16,19,21,29H,11-14,17H2,1H3. The fraction of sp³-hybridized carbons (Fsp3) is 0.296. The maximum absolute atomic E-state index is 13.9. The number of aromatic nitrogens is 2. The summed E-state index contributed by atoms with van der Waals surface area (Å²) >= 11 is 8.20. The number of carbonyl (C=O) groups excluding carboxylic acids is 1. The van der Waals surface area contributed by atoms with E-state index in [1.807, 2.05) is 72.7 Å². The monoisotopic (exact) mass is 490 g/mol. The van der Waals surface area contributed by atoms with Crippen molar-refractivity contribution in [3.63, 3.8) is 0 Å². The number of pyridine rings is 2. The van der Waals surface area contributed by atoms with Gasteiger partial charge in [0.2, 0.25) is 0 Å². The Hall–Kier alpha value is -2.80. The third kappa shape index (κ3) is 4.71. The smallest absolute Gasteiger partial charge is 0.266 e. The maximum atomic E-state index is 13.9. The lowest BCUT2D eigenvalue weighted by atomic mass is 9.90. The second-order valence-corrected chi connectivity index (χ2v) is 10.2. The SMILES string of the molecule is CNC1CCC(N(Cc2cccc(-c3cccnc3)n2)C(=O)c2sc3ccccc3c2Cl)CC1. The highest BCUT2D eigenvalue weighted by Crippen LogP contribution is 2.37. The summed E-state index contributed by atoms with van der Waals surface area (Å²) in [6, 6.07) is 18.5. The van der Waals surface area contributed by atoms with Crippen molar-refractivity contribution in [3.05, 3.63) is 82.6 Å². The van der Waals surface area contributed by atoms with Crippen LogP contribution in [0.1, 0.15) is 41.0 Å². The molecule has 0 radical (unpaired) electrons. The molecule has 34 heavy (non-hydrogen) atoms. The van der Waals surface area contributed by atoms with Gasteiger partial charge in [-0.25, -0.2) is 0 Å². The molecule has 4 aromatic rings. The van der Waals surface area contributed by atoms with Crippen LogP contribution in [0.15, 0.2) is 67.0 Å². The quantitative estimate of drug-likeness (QED) is 0.350. The molecular weight excluding hydrogens is 464 g/mol. The van der Waals surface area contributed by atoms with Crippen molar-refractivity contribution in [1.82, 2.24) is 20.2 Å². The Morgan fingerprint density at radius 3 is 2.65 bits per heavy atom. The molecule has 0 bridgehead atoms. The summed E-state index contributed by atoms with van der Waals surface area (Å²) in [7, 11) is 2.01. The molecule has 1 amide bonds. The topological polar surface area (TPSA) is 58.1 Å². The van der Waals surface area contributed by atoms with Gasteiger partial charge in [0.15, 0.2) is 0 Å². The van der Waals surface area contributed by atoms with E-state index in [-0.39, 0.29) is 11.9 Å². The van der Waals surface area contributed by atoms with Crippen LogP contribution in [0.25, 0.3) is 21.3 Å². The van der Waals surface area contributed by atoms with Crippen LogP contribution in [0.3, 0.4) is 0 Å². The minimum Gasteiger partial charge on any atom is -0.329 e. The van der Waals surface area contributed by atoms with E-state index < -0.39 is 0 Å². The zero-order valence-electron chi connectivity index (χ0n) is 19.1. The van der Waals surface area contributed by atoms with Crippen LogP contribution in [-0.2, 0) is 6.54 Å². The molecule has 0 atom stereocenters. The van der Waals surface area contributed by atoms with E-state index in [4.69, 9.17) is 16.6 Å². The van der Waals surface area contributed by atoms with Crippen molar-refractivity contribution in [2.75, 3.05) is 7.05 Å². The van der Waals surface area contributed by atoms with E-state index >= 15 is 0 Å². The number of halogens is 1. The first-order valence-corrected chi connectivity index (χ1v) is 12.8. The number of nitrogens with zero attached hydrogens (tertiary/aromatic N) is 3. The summed E-state index contributed by atoms with van der Waals surface area (Å²) in [6.45, 7) is 0.451. The first kappa shape index (κ1) is 23.0. The number of hydrogen-bond acceptors (Lipinski definition) is 5. The van der Waals surface area contributed by atoms with E-state index in [1.165, 1.54) is 11.3 Å². The summed E-state index contributed by atoms with van der Waals surface area (Å²) in [6.07, 6.45) is 7.58. The van der Waals surface area contributed by atoms with Crippen molar-refractivity contribution in [2.45, 2.75) is 44.3 Å². The lowest BCUT2D eigenvalue weighted by Gasteiger charge is -2.36. The van der Waals surface area contributed by atoms with Gasteiger partial charge in [-0.1, -0.05) is 35.9 Å². The molecule has 0 spiro atoms. The van der Waals surface area contributed by atoms with E-state index in [0.29, 0.717) is 22.5 Å². The second-order valence-electron chi connectivity index (χ2n) is 8.72. The number of amides is 1. The molecule has 5 rings (SSSR count). The second kappa shape index (κ2) is 10.2. The summed E-state index contributed by atoms with van der Waals surface area (Å²) in [5.74, 6) is -0.00677. The van der Waals surface area contributed by atoms with E-state index in [2.05, 4.69) is 10.3 Å².